The zero-order valence-electron chi connectivity index (χ0n) is 16.3. The summed E-state index contributed by atoms with van der Waals surface area (Å²) in [6, 6.07) is 9.50. The molecule has 0 saturated heterocycles. The number of carbonyl (C=O) groups excluding carboxylic acids is 2. The maximum Gasteiger partial charge on any atom is 0.339 e. The summed E-state index contributed by atoms with van der Waals surface area (Å²) in [5.74, 6) is -4.74. The molecule has 1 aliphatic rings. The molecule has 0 atom stereocenters. The van der Waals surface area contributed by atoms with Gasteiger partial charge < -0.3 is 15.3 Å². The Morgan fingerprint density at radius 3 is 2.41 bits per heavy atom. The van der Waals surface area contributed by atoms with Crippen molar-refractivity contribution in [2.45, 2.75) is 13.0 Å². The number of hydrogen-bond acceptors (Lipinski definition) is 4. The minimum absolute atomic E-state index is 0.0350. The van der Waals surface area contributed by atoms with Crippen LogP contribution in [-0.4, -0.2) is 34.3 Å². The molecule has 4 rings (SSSR count). The lowest BCUT2D eigenvalue weighted by atomic mass is 10.0. The Balaban J connectivity index is 1.63. The van der Waals surface area contributed by atoms with Gasteiger partial charge in [-0.15, -0.1) is 11.3 Å². The normalized spacial score (nSPS) is 12.9. The van der Waals surface area contributed by atoms with Gasteiger partial charge in [0.05, 0.1) is 12.1 Å². The maximum atomic E-state index is 14.0. The number of fused-ring (bicyclic) bond motifs is 1. The van der Waals surface area contributed by atoms with E-state index in [9.17, 15) is 28.3 Å². The van der Waals surface area contributed by atoms with E-state index in [1.807, 2.05) is 0 Å². The van der Waals surface area contributed by atoms with Crippen molar-refractivity contribution in [1.29, 1.82) is 0 Å². The number of anilines is 1. The van der Waals surface area contributed by atoms with Crippen LogP contribution in [0.15, 0.2) is 42.5 Å². The maximum absolute atomic E-state index is 14.0. The molecular formula is C22H15ClF2N2O4S. The molecule has 2 N–H and O–H groups in total. The molecule has 6 nitrogen and oxygen atoms in total. The van der Waals surface area contributed by atoms with Crippen LogP contribution in [0.2, 0.25) is 5.02 Å². The van der Waals surface area contributed by atoms with Crippen LogP contribution in [0.4, 0.5) is 13.8 Å². The van der Waals surface area contributed by atoms with Gasteiger partial charge in [0, 0.05) is 22.0 Å². The molecule has 2 heterocycles. The molecular weight excluding hydrogens is 462 g/mol. The van der Waals surface area contributed by atoms with Gasteiger partial charge in [-0.05, 0) is 42.3 Å². The number of amides is 2. The first kappa shape index (κ1) is 21.9. The van der Waals surface area contributed by atoms with Gasteiger partial charge >= 0.3 is 5.97 Å². The second-order valence-corrected chi connectivity index (χ2v) is 8.59. The number of carboxylic acid groups (broad SMARTS) is 1. The average Bonchev–Trinajstić information content (AvgIpc) is 3.10. The third kappa shape index (κ3) is 4.09. The van der Waals surface area contributed by atoms with Gasteiger partial charge in [0.1, 0.15) is 22.2 Å². The third-order valence-electron chi connectivity index (χ3n) is 5.05. The van der Waals surface area contributed by atoms with E-state index in [0.29, 0.717) is 21.0 Å². The lowest BCUT2D eigenvalue weighted by Gasteiger charge is -2.27. The molecule has 0 spiro atoms. The van der Waals surface area contributed by atoms with Crippen molar-refractivity contribution in [2.24, 2.45) is 0 Å². The number of carbonyl (C=O) groups is 3. The Bertz CT molecular complexity index is 1240. The van der Waals surface area contributed by atoms with E-state index in [1.54, 1.807) is 29.2 Å². The van der Waals surface area contributed by atoms with E-state index in [1.165, 1.54) is 0 Å². The first-order valence-corrected chi connectivity index (χ1v) is 10.6. The number of nitrogens with zero attached hydrogens (tertiary/aromatic N) is 1. The largest absolute Gasteiger partial charge is 0.478 e. The second kappa shape index (κ2) is 8.68. The Labute approximate surface area is 190 Å². The fraction of sp³-hybridized carbons (Fsp3) is 0.136. The zero-order valence-corrected chi connectivity index (χ0v) is 17.9. The second-order valence-electron chi connectivity index (χ2n) is 7.05. The third-order valence-corrected chi connectivity index (χ3v) is 6.41. The summed E-state index contributed by atoms with van der Waals surface area (Å²) in [5, 5.41) is 12.4. The quantitative estimate of drug-likeness (QED) is 0.564. The van der Waals surface area contributed by atoms with Gasteiger partial charge in [0.2, 0.25) is 0 Å². The fourth-order valence-corrected chi connectivity index (χ4v) is 5.02. The molecule has 0 fully saturated rings. The zero-order chi connectivity index (χ0) is 23.0. The molecule has 1 aromatic heterocycles. The predicted octanol–water partition coefficient (Wildman–Crippen LogP) is 4.83. The van der Waals surface area contributed by atoms with Crippen molar-refractivity contribution in [3.05, 3.63) is 86.3 Å². The number of aromatic carboxylic acids is 1. The molecule has 32 heavy (non-hydrogen) atoms. The molecule has 0 bridgehead atoms. The lowest BCUT2D eigenvalue weighted by molar-refractivity contribution is 0.0696. The van der Waals surface area contributed by atoms with Crippen LogP contribution >= 0.6 is 22.9 Å². The van der Waals surface area contributed by atoms with Gasteiger partial charge in [-0.25, -0.2) is 13.6 Å². The average molecular weight is 477 g/mol. The van der Waals surface area contributed by atoms with Crippen LogP contribution in [0, 0.1) is 11.6 Å². The molecule has 0 radical (unpaired) electrons. The van der Waals surface area contributed by atoms with Crippen molar-refractivity contribution < 1.29 is 28.3 Å². The number of rotatable bonds is 4. The number of carboxylic acids is 1. The monoisotopic (exact) mass is 476 g/mol. The smallest absolute Gasteiger partial charge is 0.339 e. The Morgan fingerprint density at radius 1 is 1.06 bits per heavy atom. The standard InChI is InChI=1S/C22H15ClF2N2O4S/c23-12-4-1-3-11(9-12)21(29)27-8-7-13-16(10-27)32-20(17(13)22(30)31)26-19(28)18-14(24)5-2-6-15(18)25/h1-6,9H,7-8,10H2,(H,26,28)(H,30,31). The molecule has 2 aromatic carbocycles. The van der Waals surface area contributed by atoms with E-state index >= 15 is 0 Å². The summed E-state index contributed by atoms with van der Waals surface area (Å²) in [5.41, 5.74) is -0.0422. The Morgan fingerprint density at radius 2 is 1.75 bits per heavy atom. The van der Waals surface area contributed by atoms with Crippen LogP contribution in [0.5, 0.6) is 0 Å². The summed E-state index contributed by atoms with van der Waals surface area (Å²) >= 11 is 6.93. The number of thiophene rings is 1. The lowest BCUT2D eigenvalue weighted by Crippen LogP contribution is -2.35. The summed E-state index contributed by atoms with van der Waals surface area (Å²) in [7, 11) is 0. The molecule has 0 aliphatic carbocycles. The van der Waals surface area contributed by atoms with Gasteiger partial charge in [0.25, 0.3) is 11.8 Å². The van der Waals surface area contributed by atoms with Crippen molar-refractivity contribution in [2.75, 3.05) is 11.9 Å². The number of hydrogen-bond donors (Lipinski definition) is 2. The molecule has 164 valence electrons. The highest BCUT2D eigenvalue weighted by Gasteiger charge is 2.31. The van der Waals surface area contributed by atoms with E-state index in [2.05, 4.69) is 5.32 Å². The van der Waals surface area contributed by atoms with Crippen LogP contribution in [-0.2, 0) is 13.0 Å². The highest BCUT2D eigenvalue weighted by molar-refractivity contribution is 7.17. The number of benzene rings is 2. The van der Waals surface area contributed by atoms with Gasteiger partial charge in [-0.2, -0.15) is 0 Å². The molecule has 0 saturated carbocycles. The minimum Gasteiger partial charge on any atom is -0.478 e. The summed E-state index contributed by atoms with van der Waals surface area (Å²) in [6.45, 7) is 0.403. The van der Waals surface area contributed by atoms with E-state index < -0.39 is 29.1 Å². The summed E-state index contributed by atoms with van der Waals surface area (Å²) < 4.78 is 27.9. The highest BCUT2D eigenvalue weighted by Crippen LogP contribution is 2.38. The fourth-order valence-electron chi connectivity index (χ4n) is 3.58. The summed E-state index contributed by atoms with van der Waals surface area (Å²) in [6.07, 6.45) is 0.254. The van der Waals surface area contributed by atoms with Crippen molar-refractivity contribution >= 4 is 45.7 Å². The van der Waals surface area contributed by atoms with Gasteiger partial charge in [-0.1, -0.05) is 23.7 Å². The van der Waals surface area contributed by atoms with Crippen molar-refractivity contribution in [3.8, 4) is 0 Å². The first-order valence-electron chi connectivity index (χ1n) is 9.44. The van der Waals surface area contributed by atoms with Gasteiger partial charge in [-0.3, -0.25) is 9.59 Å². The van der Waals surface area contributed by atoms with Crippen LogP contribution in [0.25, 0.3) is 0 Å². The van der Waals surface area contributed by atoms with E-state index in [0.717, 1.165) is 29.5 Å². The molecule has 10 heteroatoms. The highest BCUT2D eigenvalue weighted by atomic mass is 35.5. The van der Waals surface area contributed by atoms with E-state index in [4.69, 9.17) is 11.6 Å². The molecule has 1 aliphatic heterocycles. The topological polar surface area (TPSA) is 86.7 Å². The first-order chi connectivity index (χ1) is 15.3. The Kier molecular flexibility index (Phi) is 5.94. The molecule has 2 amide bonds. The van der Waals surface area contributed by atoms with Crippen LogP contribution in [0.3, 0.4) is 0 Å². The molecule has 0 unspecified atom stereocenters. The van der Waals surface area contributed by atoms with Crippen molar-refractivity contribution in [3.63, 3.8) is 0 Å². The van der Waals surface area contributed by atoms with Crippen LogP contribution in [0.1, 0.15) is 41.5 Å². The Hall–Kier alpha value is -3.30. The number of halogens is 3. The van der Waals surface area contributed by atoms with E-state index in [-0.39, 0.29) is 36.0 Å². The van der Waals surface area contributed by atoms with Crippen molar-refractivity contribution in [1.82, 2.24) is 4.90 Å². The number of nitrogens with one attached hydrogen (secondary N) is 1. The SMILES string of the molecule is O=C(Nc1sc2c(c1C(=O)O)CCN(C(=O)c1cccc(Cl)c1)C2)c1c(F)cccc1F. The predicted molar refractivity (Wildman–Crippen MR) is 115 cm³/mol. The molecule has 3 aromatic rings. The summed E-state index contributed by atoms with van der Waals surface area (Å²) in [4.78, 5) is 39.3. The van der Waals surface area contributed by atoms with Crippen LogP contribution < -0.4 is 5.32 Å². The van der Waals surface area contributed by atoms with Gasteiger partial charge in [0.15, 0.2) is 0 Å². The minimum atomic E-state index is -1.28.